The van der Waals surface area contributed by atoms with Gasteiger partial charge in [-0.3, -0.25) is 0 Å². The first-order chi connectivity index (χ1) is 3.91. The Morgan fingerprint density at radius 2 is 1.90 bits per heavy atom. The van der Waals surface area contributed by atoms with Gasteiger partial charge in [0.05, 0.1) is 13.2 Å². The standard InChI is InChI=1S/C6H14O2.ClH.H3N/c1-2-3-5-8-6-4-7;;/h7H,2-6H2,1H3;1H;1H3. The molecule has 0 spiro atoms. The molecule has 3 nitrogen and oxygen atoms in total. The smallest absolute Gasteiger partial charge is 0.0697 e. The van der Waals surface area contributed by atoms with E-state index in [-0.39, 0.29) is 25.2 Å². The number of aliphatic hydroxyl groups excluding tert-OH is 1. The number of aliphatic hydroxyl groups is 1. The highest BCUT2D eigenvalue weighted by Crippen LogP contribution is 1.85. The highest BCUT2D eigenvalue weighted by Gasteiger charge is 1.82. The van der Waals surface area contributed by atoms with Crippen LogP contribution >= 0.6 is 12.4 Å². The van der Waals surface area contributed by atoms with Gasteiger partial charge in [0.15, 0.2) is 0 Å². The first-order valence-electron chi connectivity index (χ1n) is 3.10. The Balaban J connectivity index is -0.000000245. The van der Waals surface area contributed by atoms with Gasteiger partial charge >= 0.3 is 0 Å². The van der Waals surface area contributed by atoms with Crippen LogP contribution in [0.4, 0.5) is 0 Å². The van der Waals surface area contributed by atoms with E-state index in [1.54, 1.807) is 0 Å². The van der Waals surface area contributed by atoms with E-state index < -0.39 is 0 Å². The summed E-state index contributed by atoms with van der Waals surface area (Å²) in [5.41, 5.74) is 0. The molecule has 0 amide bonds. The molecule has 66 valence electrons. The van der Waals surface area contributed by atoms with E-state index in [0.717, 1.165) is 19.4 Å². The molecule has 0 saturated heterocycles. The molecule has 0 heterocycles. The molecule has 0 aliphatic heterocycles. The molecule has 0 aromatic carbocycles. The summed E-state index contributed by atoms with van der Waals surface area (Å²) in [5, 5.41) is 8.24. The number of unbranched alkanes of at least 4 members (excludes halogenated alkanes) is 1. The van der Waals surface area contributed by atoms with Crippen LogP contribution in [0.25, 0.3) is 0 Å². The molecule has 4 N–H and O–H groups in total. The summed E-state index contributed by atoms with van der Waals surface area (Å²) in [5.74, 6) is 0. The van der Waals surface area contributed by atoms with Crippen LogP contribution in [-0.4, -0.2) is 24.9 Å². The monoisotopic (exact) mass is 171 g/mol. The van der Waals surface area contributed by atoms with Crippen molar-refractivity contribution < 1.29 is 9.84 Å². The number of hydrogen-bond acceptors (Lipinski definition) is 3. The number of halogens is 1. The van der Waals surface area contributed by atoms with Gasteiger partial charge in [-0.2, -0.15) is 0 Å². The molecular formula is C6H18ClNO2. The first kappa shape index (κ1) is 16.6. The van der Waals surface area contributed by atoms with Gasteiger partial charge in [0.2, 0.25) is 0 Å². The molecule has 0 saturated carbocycles. The normalized spacial score (nSPS) is 7.80. The zero-order valence-electron chi connectivity index (χ0n) is 6.51. The van der Waals surface area contributed by atoms with E-state index in [4.69, 9.17) is 9.84 Å². The third kappa shape index (κ3) is 15.7. The SMILES string of the molecule is CCCCOCCO.Cl.N. The van der Waals surface area contributed by atoms with Crippen LogP contribution in [0.5, 0.6) is 0 Å². The van der Waals surface area contributed by atoms with Crippen LogP contribution in [-0.2, 0) is 4.74 Å². The van der Waals surface area contributed by atoms with Gasteiger partial charge in [0, 0.05) is 6.61 Å². The Morgan fingerprint density at radius 3 is 2.30 bits per heavy atom. The number of hydrogen-bond donors (Lipinski definition) is 2. The fourth-order valence-electron chi connectivity index (χ4n) is 0.413. The maximum absolute atomic E-state index is 8.24. The van der Waals surface area contributed by atoms with Gasteiger partial charge in [-0.25, -0.2) is 0 Å². The fourth-order valence-corrected chi connectivity index (χ4v) is 0.413. The minimum atomic E-state index is 0. The molecular weight excluding hydrogens is 154 g/mol. The lowest BCUT2D eigenvalue weighted by atomic mass is 10.4. The van der Waals surface area contributed by atoms with Gasteiger partial charge in [0.25, 0.3) is 0 Å². The second kappa shape index (κ2) is 16.1. The minimum Gasteiger partial charge on any atom is -0.394 e. The highest BCUT2D eigenvalue weighted by atomic mass is 35.5. The summed E-state index contributed by atoms with van der Waals surface area (Å²) in [6.45, 7) is 3.53. The largest absolute Gasteiger partial charge is 0.394 e. The summed E-state index contributed by atoms with van der Waals surface area (Å²) >= 11 is 0. The third-order valence-corrected chi connectivity index (χ3v) is 0.878. The summed E-state index contributed by atoms with van der Waals surface area (Å²) in [4.78, 5) is 0. The summed E-state index contributed by atoms with van der Waals surface area (Å²) in [6, 6.07) is 0. The second-order valence-electron chi connectivity index (χ2n) is 1.69. The molecule has 0 aliphatic rings. The molecule has 0 aromatic heterocycles. The van der Waals surface area contributed by atoms with Crippen LogP contribution in [0.1, 0.15) is 19.8 Å². The molecule has 0 unspecified atom stereocenters. The van der Waals surface area contributed by atoms with E-state index in [1.807, 2.05) is 0 Å². The lowest BCUT2D eigenvalue weighted by Gasteiger charge is -1.97. The lowest BCUT2D eigenvalue weighted by Crippen LogP contribution is -1.99. The van der Waals surface area contributed by atoms with Crippen molar-refractivity contribution in [2.45, 2.75) is 19.8 Å². The van der Waals surface area contributed by atoms with Gasteiger partial charge in [0.1, 0.15) is 0 Å². The minimum absolute atomic E-state index is 0. The number of rotatable bonds is 5. The predicted molar refractivity (Wildman–Crippen MR) is 45.1 cm³/mol. The fraction of sp³-hybridized carbons (Fsp3) is 1.00. The van der Waals surface area contributed by atoms with Crippen molar-refractivity contribution >= 4 is 12.4 Å². The Bertz CT molecular complexity index is 40.7. The topological polar surface area (TPSA) is 64.5 Å². The molecule has 0 fully saturated rings. The molecule has 0 aliphatic carbocycles. The van der Waals surface area contributed by atoms with E-state index in [2.05, 4.69) is 6.92 Å². The van der Waals surface area contributed by atoms with Crippen LogP contribution in [0.3, 0.4) is 0 Å². The van der Waals surface area contributed by atoms with Crippen molar-refractivity contribution in [1.29, 1.82) is 0 Å². The van der Waals surface area contributed by atoms with Crippen molar-refractivity contribution in [3.8, 4) is 0 Å². The van der Waals surface area contributed by atoms with Crippen molar-refractivity contribution in [1.82, 2.24) is 6.15 Å². The average Bonchev–Trinajstić information content (AvgIpc) is 1.81. The molecule has 0 atom stereocenters. The zero-order chi connectivity index (χ0) is 6.24. The van der Waals surface area contributed by atoms with Crippen LogP contribution in [0.2, 0.25) is 0 Å². The third-order valence-electron chi connectivity index (χ3n) is 0.878. The van der Waals surface area contributed by atoms with Crippen molar-refractivity contribution in [3.63, 3.8) is 0 Å². The summed E-state index contributed by atoms with van der Waals surface area (Å²) in [6.07, 6.45) is 2.26. The molecule has 0 radical (unpaired) electrons. The molecule has 4 heteroatoms. The van der Waals surface area contributed by atoms with Gasteiger partial charge < -0.3 is 16.0 Å². The molecule has 0 rings (SSSR count). The Morgan fingerprint density at radius 1 is 1.30 bits per heavy atom. The predicted octanol–water partition coefficient (Wildman–Crippen LogP) is 1.38. The van der Waals surface area contributed by atoms with E-state index in [0.29, 0.717) is 6.61 Å². The first-order valence-corrected chi connectivity index (χ1v) is 3.10. The Labute approximate surface area is 68.8 Å². The molecule has 10 heavy (non-hydrogen) atoms. The highest BCUT2D eigenvalue weighted by molar-refractivity contribution is 5.85. The maximum atomic E-state index is 8.24. The molecule has 0 aromatic rings. The number of ether oxygens (including phenoxy) is 1. The van der Waals surface area contributed by atoms with Crippen molar-refractivity contribution in [2.24, 2.45) is 0 Å². The second-order valence-corrected chi connectivity index (χ2v) is 1.69. The average molecular weight is 172 g/mol. The van der Waals surface area contributed by atoms with Gasteiger partial charge in [-0.15, -0.1) is 12.4 Å². The van der Waals surface area contributed by atoms with E-state index >= 15 is 0 Å². The Hall–Kier alpha value is 0.170. The van der Waals surface area contributed by atoms with Gasteiger partial charge in [-0.1, -0.05) is 13.3 Å². The van der Waals surface area contributed by atoms with Crippen molar-refractivity contribution in [2.75, 3.05) is 19.8 Å². The quantitative estimate of drug-likeness (QED) is 0.615. The van der Waals surface area contributed by atoms with Crippen molar-refractivity contribution in [3.05, 3.63) is 0 Å². The van der Waals surface area contributed by atoms with E-state index in [9.17, 15) is 0 Å². The molecule has 0 bridgehead atoms. The van der Waals surface area contributed by atoms with Crippen LogP contribution in [0, 0.1) is 0 Å². The van der Waals surface area contributed by atoms with E-state index in [1.165, 1.54) is 0 Å². The summed E-state index contributed by atoms with van der Waals surface area (Å²) < 4.78 is 4.97. The van der Waals surface area contributed by atoms with Gasteiger partial charge in [-0.05, 0) is 6.42 Å². The Kier molecular flexibility index (Phi) is 26.7. The van der Waals surface area contributed by atoms with Crippen LogP contribution in [0.15, 0.2) is 0 Å². The lowest BCUT2D eigenvalue weighted by molar-refractivity contribution is 0.0904. The summed E-state index contributed by atoms with van der Waals surface area (Å²) in [7, 11) is 0. The zero-order valence-corrected chi connectivity index (χ0v) is 7.32. The van der Waals surface area contributed by atoms with Crippen LogP contribution < -0.4 is 6.15 Å². The maximum Gasteiger partial charge on any atom is 0.0697 e.